The molecule has 2 rings (SSSR count). The molecule has 1 fully saturated rings. The van der Waals surface area contributed by atoms with Crippen molar-refractivity contribution >= 4 is 34.7 Å². The number of piperidine rings is 1. The Balaban J connectivity index is 2.19. The minimum absolute atomic E-state index is 0.397. The Hall–Kier alpha value is -0.780. The van der Waals surface area contributed by atoms with Crippen LogP contribution in [-0.2, 0) is 4.74 Å². The van der Waals surface area contributed by atoms with Gasteiger partial charge in [-0.25, -0.2) is 0 Å². The van der Waals surface area contributed by atoms with E-state index in [1.807, 2.05) is 0 Å². The molecular weight excluding hydrogens is 288 g/mol. The maximum Gasteiger partial charge on any atom is 0.107 e. The zero-order chi connectivity index (χ0) is 14.5. The Kier molecular flexibility index (Phi) is 5.69. The second-order valence-corrected chi connectivity index (χ2v) is 6.15. The van der Waals surface area contributed by atoms with E-state index in [0.29, 0.717) is 11.1 Å². The van der Waals surface area contributed by atoms with Crippen molar-refractivity contribution in [3.8, 4) is 0 Å². The molecule has 20 heavy (non-hydrogen) atoms. The fourth-order valence-corrected chi connectivity index (χ4v) is 3.61. The van der Waals surface area contributed by atoms with Crippen molar-refractivity contribution in [1.82, 2.24) is 0 Å². The molecule has 0 amide bonds. The van der Waals surface area contributed by atoms with Gasteiger partial charge < -0.3 is 15.4 Å². The van der Waals surface area contributed by atoms with Crippen LogP contribution in [0.4, 0.5) is 5.69 Å². The summed E-state index contributed by atoms with van der Waals surface area (Å²) in [5.41, 5.74) is 8.12. The average molecular weight is 310 g/mol. The topological polar surface area (TPSA) is 38.5 Å². The summed E-state index contributed by atoms with van der Waals surface area (Å²) in [4.78, 5) is 4.02. The van der Waals surface area contributed by atoms with E-state index in [2.05, 4.69) is 36.3 Å². The van der Waals surface area contributed by atoms with Crippen molar-refractivity contribution in [2.24, 2.45) is 5.73 Å². The first-order chi connectivity index (χ1) is 9.67. The summed E-state index contributed by atoms with van der Waals surface area (Å²) in [5, 5.41) is 0. The maximum absolute atomic E-state index is 5.94. The van der Waals surface area contributed by atoms with Gasteiger partial charge >= 0.3 is 0 Å². The molecule has 110 valence electrons. The smallest absolute Gasteiger partial charge is 0.107 e. The predicted octanol–water partition coefficient (Wildman–Crippen LogP) is 3.05. The van der Waals surface area contributed by atoms with Gasteiger partial charge in [-0.15, -0.1) is 11.8 Å². The predicted molar refractivity (Wildman–Crippen MR) is 91.0 cm³/mol. The first kappa shape index (κ1) is 15.6. The lowest BCUT2D eigenvalue weighted by molar-refractivity contribution is 0.0459. The standard InChI is InChI=1S/C15H22N2OS2/c1-3-18-11-7-9-17(10-8-11)12-5-4-6-13(20-2)14(12)15(16)19/h4-6,11H,3,7-10H2,1-2H3,(H2,16,19). The Morgan fingerprint density at radius 2 is 2.15 bits per heavy atom. The number of thiocarbonyl (C=S) groups is 1. The summed E-state index contributed by atoms with van der Waals surface area (Å²) >= 11 is 6.94. The van der Waals surface area contributed by atoms with Crippen LogP contribution in [0, 0.1) is 0 Å². The Morgan fingerprint density at radius 3 is 2.70 bits per heavy atom. The van der Waals surface area contributed by atoms with Crippen molar-refractivity contribution in [2.75, 3.05) is 30.9 Å². The Morgan fingerprint density at radius 1 is 1.45 bits per heavy atom. The molecule has 1 aliphatic heterocycles. The minimum atomic E-state index is 0.397. The number of rotatable bonds is 5. The average Bonchev–Trinajstić information content (AvgIpc) is 2.47. The largest absolute Gasteiger partial charge is 0.389 e. The number of hydrogen-bond acceptors (Lipinski definition) is 4. The quantitative estimate of drug-likeness (QED) is 0.668. The monoisotopic (exact) mass is 310 g/mol. The molecule has 0 bridgehead atoms. The molecule has 0 aliphatic carbocycles. The molecule has 0 aromatic heterocycles. The van der Waals surface area contributed by atoms with E-state index < -0.39 is 0 Å². The van der Waals surface area contributed by atoms with Crippen LogP contribution >= 0.6 is 24.0 Å². The Labute approximate surface area is 130 Å². The van der Waals surface area contributed by atoms with Gasteiger partial charge in [-0.3, -0.25) is 0 Å². The highest BCUT2D eigenvalue weighted by molar-refractivity contribution is 7.98. The van der Waals surface area contributed by atoms with Crippen LogP contribution in [0.3, 0.4) is 0 Å². The van der Waals surface area contributed by atoms with Gasteiger partial charge in [0.2, 0.25) is 0 Å². The fraction of sp³-hybridized carbons (Fsp3) is 0.533. The van der Waals surface area contributed by atoms with Crippen LogP contribution in [0.25, 0.3) is 0 Å². The number of benzene rings is 1. The molecule has 3 nitrogen and oxygen atoms in total. The van der Waals surface area contributed by atoms with Gasteiger partial charge in [0.15, 0.2) is 0 Å². The second kappa shape index (κ2) is 7.29. The third-order valence-electron chi connectivity index (χ3n) is 3.66. The molecule has 1 saturated heterocycles. The molecule has 1 aliphatic rings. The minimum Gasteiger partial charge on any atom is -0.389 e. The lowest BCUT2D eigenvalue weighted by Crippen LogP contribution is -2.38. The van der Waals surface area contributed by atoms with Crippen LogP contribution < -0.4 is 10.6 Å². The zero-order valence-electron chi connectivity index (χ0n) is 12.1. The summed E-state index contributed by atoms with van der Waals surface area (Å²) < 4.78 is 5.71. The third-order valence-corrected chi connectivity index (χ3v) is 4.64. The molecular formula is C15H22N2OS2. The zero-order valence-corrected chi connectivity index (χ0v) is 13.7. The van der Waals surface area contributed by atoms with E-state index in [9.17, 15) is 0 Å². The van der Waals surface area contributed by atoms with Crippen molar-refractivity contribution < 1.29 is 4.74 Å². The van der Waals surface area contributed by atoms with Crippen LogP contribution in [0.5, 0.6) is 0 Å². The molecule has 0 unspecified atom stereocenters. The van der Waals surface area contributed by atoms with Gasteiger partial charge in [-0.05, 0) is 38.2 Å². The maximum atomic E-state index is 5.94. The third kappa shape index (κ3) is 3.45. The van der Waals surface area contributed by atoms with Gasteiger partial charge in [-0.2, -0.15) is 0 Å². The van der Waals surface area contributed by atoms with Gasteiger partial charge in [0.05, 0.1) is 6.10 Å². The summed E-state index contributed by atoms with van der Waals surface area (Å²) in [6.07, 6.45) is 4.58. The fourth-order valence-electron chi connectivity index (χ4n) is 2.70. The van der Waals surface area contributed by atoms with Crippen molar-refractivity contribution in [3.05, 3.63) is 23.8 Å². The lowest BCUT2D eigenvalue weighted by Gasteiger charge is -2.34. The van der Waals surface area contributed by atoms with Crippen LogP contribution in [0.15, 0.2) is 23.1 Å². The molecule has 0 spiro atoms. The molecule has 2 N–H and O–H groups in total. The van der Waals surface area contributed by atoms with E-state index in [4.69, 9.17) is 22.7 Å². The van der Waals surface area contributed by atoms with Crippen molar-refractivity contribution in [3.63, 3.8) is 0 Å². The highest BCUT2D eigenvalue weighted by Crippen LogP contribution is 2.31. The highest BCUT2D eigenvalue weighted by Gasteiger charge is 2.22. The van der Waals surface area contributed by atoms with E-state index in [-0.39, 0.29) is 0 Å². The molecule has 1 aromatic carbocycles. The number of ether oxygens (including phenoxy) is 1. The second-order valence-electron chi connectivity index (χ2n) is 4.86. The van der Waals surface area contributed by atoms with E-state index in [1.165, 1.54) is 5.69 Å². The van der Waals surface area contributed by atoms with Gasteiger partial charge in [-0.1, -0.05) is 18.3 Å². The van der Waals surface area contributed by atoms with E-state index in [1.54, 1.807) is 11.8 Å². The molecule has 1 aromatic rings. The molecule has 0 saturated carbocycles. The van der Waals surface area contributed by atoms with Crippen molar-refractivity contribution in [1.29, 1.82) is 0 Å². The summed E-state index contributed by atoms with van der Waals surface area (Å²) in [7, 11) is 0. The van der Waals surface area contributed by atoms with E-state index in [0.717, 1.165) is 43.0 Å². The number of nitrogens with two attached hydrogens (primary N) is 1. The first-order valence-electron chi connectivity index (χ1n) is 7.00. The van der Waals surface area contributed by atoms with Crippen LogP contribution in [-0.4, -0.2) is 37.0 Å². The Bertz CT molecular complexity index is 471. The van der Waals surface area contributed by atoms with Gasteiger partial charge in [0.1, 0.15) is 4.99 Å². The molecule has 5 heteroatoms. The normalized spacial score (nSPS) is 16.4. The number of anilines is 1. The summed E-state index contributed by atoms with van der Waals surface area (Å²) in [6.45, 7) is 4.85. The van der Waals surface area contributed by atoms with E-state index >= 15 is 0 Å². The van der Waals surface area contributed by atoms with Crippen LogP contribution in [0.2, 0.25) is 0 Å². The SMILES string of the molecule is CCOC1CCN(c2cccc(SC)c2C(N)=S)CC1. The number of nitrogens with zero attached hydrogens (tertiary/aromatic N) is 1. The van der Waals surface area contributed by atoms with Gasteiger partial charge in [0, 0.05) is 35.8 Å². The number of thioether (sulfide) groups is 1. The van der Waals surface area contributed by atoms with Crippen LogP contribution in [0.1, 0.15) is 25.3 Å². The molecule has 1 heterocycles. The molecule has 0 atom stereocenters. The highest BCUT2D eigenvalue weighted by atomic mass is 32.2. The summed E-state index contributed by atoms with van der Waals surface area (Å²) in [6, 6.07) is 6.28. The lowest BCUT2D eigenvalue weighted by atomic mass is 10.0. The summed E-state index contributed by atoms with van der Waals surface area (Å²) in [5.74, 6) is 0. The molecule has 0 radical (unpaired) electrons. The van der Waals surface area contributed by atoms with Gasteiger partial charge in [0.25, 0.3) is 0 Å². The number of hydrogen-bond donors (Lipinski definition) is 1. The first-order valence-corrected chi connectivity index (χ1v) is 8.64. The van der Waals surface area contributed by atoms with Crippen molar-refractivity contribution in [2.45, 2.75) is 30.8 Å².